The fourth-order valence-electron chi connectivity index (χ4n) is 0.892. The van der Waals surface area contributed by atoms with Crippen LogP contribution in [0.25, 0.3) is 0 Å². The first kappa shape index (κ1) is 6.49. The number of hydrogen-bond acceptors (Lipinski definition) is 2. The summed E-state index contributed by atoms with van der Waals surface area (Å²) in [6.07, 6.45) is 4.93. The predicted octanol–water partition coefficient (Wildman–Crippen LogP) is 0.906. The zero-order chi connectivity index (χ0) is 6.69. The van der Waals surface area contributed by atoms with Gasteiger partial charge in [0.05, 0.1) is 0 Å². The van der Waals surface area contributed by atoms with Crippen molar-refractivity contribution in [2.45, 2.75) is 6.42 Å². The van der Waals surface area contributed by atoms with Crippen molar-refractivity contribution >= 4 is 6.21 Å². The third-order valence-electron chi connectivity index (χ3n) is 1.24. The van der Waals surface area contributed by atoms with Crippen molar-refractivity contribution in [3.63, 3.8) is 0 Å². The summed E-state index contributed by atoms with van der Waals surface area (Å²) in [6, 6.07) is 0. The van der Waals surface area contributed by atoms with Crippen LogP contribution in [0.1, 0.15) is 6.42 Å². The molecular weight excluding hydrogens is 112 g/mol. The Labute approximate surface area is 55.9 Å². The second-order valence-electron chi connectivity index (χ2n) is 2.56. The van der Waals surface area contributed by atoms with Gasteiger partial charge in [-0.25, -0.2) is 0 Å². The number of likely N-dealkylation sites (N-methyl/N-ethyl adjacent to an activating group) is 1. The maximum absolute atomic E-state index is 4.00. The van der Waals surface area contributed by atoms with E-state index in [0.717, 1.165) is 13.0 Å². The molecule has 0 aliphatic carbocycles. The largest absolute Gasteiger partial charge is 0.305 e. The molecule has 1 heterocycles. The van der Waals surface area contributed by atoms with Gasteiger partial charge in [-0.1, -0.05) is 0 Å². The van der Waals surface area contributed by atoms with Gasteiger partial charge in [0.1, 0.15) is 0 Å². The molecule has 2 heteroatoms. The highest BCUT2D eigenvalue weighted by atomic mass is 15.1. The zero-order valence-electron chi connectivity index (χ0n) is 5.96. The highest BCUT2D eigenvalue weighted by Crippen LogP contribution is 2.05. The van der Waals surface area contributed by atoms with Gasteiger partial charge in [0.15, 0.2) is 0 Å². The van der Waals surface area contributed by atoms with Crippen LogP contribution in [-0.4, -0.2) is 31.8 Å². The molecule has 0 saturated heterocycles. The smallest absolute Gasteiger partial charge is 0.0272 e. The Balaban J connectivity index is 2.30. The van der Waals surface area contributed by atoms with Crippen LogP contribution in [0.2, 0.25) is 0 Å². The third-order valence-corrected chi connectivity index (χ3v) is 1.24. The van der Waals surface area contributed by atoms with Crippen LogP contribution in [0.3, 0.4) is 0 Å². The van der Waals surface area contributed by atoms with Crippen molar-refractivity contribution in [3.05, 3.63) is 11.8 Å². The number of aliphatic imine (C=N–C) groups is 1. The van der Waals surface area contributed by atoms with Gasteiger partial charge in [-0.05, 0) is 19.7 Å². The summed E-state index contributed by atoms with van der Waals surface area (Å²) in [5, 5.41) is 0. The minimum atomic E-state index is 1.04. The normalized spacial score (nSPS) is 17.0. The van der Waals surface area contributed by atoms with Crippen molar-refractivity contribution in [1.82, 2.24) is 4.90 Å². The molecule has 9 heavy (non-hydrogen) atoms. The Kier molecular flexibility index (Phi) is 2.01. The molecule has 0 unspecified atom stereocenters. The summed E-state index contributed by atoms with van der Waals surface area (Å²) < 4.78 is 0. The second kappa shape index (κ2) is 2.78. The van der Waals surface area contributed by atoms with E-state index in [4.69, 9.17) is 0 Å². The molecule has 0 aromatic rings. The molecule has 1 aliphatic heterocycles. The highest BCUT2D eigenvalue weighted by molar-refractivity contribution is 5.65. The summed E-state index contributed by atoms with van der Waals surface area (Å²) >= 11 is 0. The summed E-state index contributed by atoms with van der Waals surface area (Å²) in [5.74, 6) is 0. The van der Waals surface area contributed by atoms with E-state index in [2.05, 4.69) is 24.0 Å². The van der Waals surface area contributed by atoms with E-state index in [1.165, 1.54) is 5.57 Å². The van der Waals surface area contributed by atoms with Crippen molar-refractivity contribution in [1.29, 1.82) is 0 Å². The van der Waals surface area contributed by atoms with Crippen LogP contribution >= 0.6 is 0 Å². The Bertz CT molecular complexity index is 145. The minimum Gasteiger partial charge on any atom is -0.305 e. The second-order valence-corrected chi connectivity index (χ2v) is 2.56. The van der Waals surface area contributed by atoms with Crippen LogP contribution in [0.4, 0.5) is 0 Å². The highest BCUT2D eigenvalue weighted by Gasteiger charge is 1.99. The lowest BCUT2D eigenvalue weighted by Crippen LogP contribution is -2.14. The van der Waals surface area contributed by atoms with Crippen LogP contribution in [0.15, 0.2) is 16.8 Å². The fraction of sp³-hybridized carbons (Fsp3) is 0.571. The monoisotopic (exact) mass is 124 g/mol. The summed E-state index contributed by atoms with van der Waals surface area (Å²) in [6.45, 7) is 1.04. The van der Waals surface area contributed by atoms with Crippen molar-refractivity contribution in [2.75, 3.05) is 20.6 Å². The number of hydrogen-bond donors (Lipinski definition) is 0. The minimum absolute atomic E-state index is 1.04. The van der Waals surface area contributed by atoms with Crippen molar-refractivity contribution in [2.24, 2.45) is 4.99 Å². The Hall–Kier alpha value is -0.630. The molecular formula is C7H12N2. The van der Waals surface area contributed by atoms with Gasteiger partial charge >= 0.3 is 0 Å². The van der Waals surface area contributed by atoms with E-state index in [1.54, 1.807) is 0 Å². The lowest BCUT2D eigenvalue weighted by molar-refractivity contribution is 0.444. The van der Waals surface area contributed by atoms with Crippen LogP contribution < -0.4 is 0 Å². The van der Waals surface area contributed by atoms with Crippen molar-refractivity contribution in [3.8, 4) is 0 Å². The molecule has 0 spiro atoms. The molecule has 0 bridgehead atoms. The van der Waals surface area contributed by atoms with Gasteiger partial charge in [-0.3, -0.25) is 4.99 Å². The average molecular weight is 124 g/mol. The van der Waals surface area contributed by atoms with E-state index in [9.17, 15) is 0 Å². The van der Waals surface area contributed by atoms with E-state index in [0.29, 0.717) is 0 Å². The van der Waals surface area contributed by atoms with Gasteiger partial charge in [-0.15, -0.1) is 0 Å². The molecule has 0 aromatic heterocycles. The molecule has 50 valence electrons. The lowest BCUT2D eigenvalue weighted by atomic mass is 10.2. The molecule has 0 atom stereocenters. The molecule has 2 nitrogen and oxygen atoms in total. The molecule has 0 saturated carbocycles. The summed E-state index contributed by atoms with van der Waals surface area (Å²) in [7, 11) is 4.14. The average Bonchev–Trinajstić information content (AvgIpc) is 2.15. The van der Waals surface area contributed by atoms with E-state index >= 15 is 0 Å². The van der Waals surface area contributed by atoms with Crippen LogP contribution in [-0.2, 0) is 0 Å². The zero-order valence-corrected chi connectivity index (χ0v) is 5.96. The predicted molar refractivity (Wildman–Crippen MR) is 39.7 cm³/mol. The van der Waals surface area contributed by atoms with Crippen LogP contribution in [0, 0.1) is 0 Å². The molecule has 0 aromatic carbocycles. The quantitative estimate of drug-likeness (QED) is 0.534. The summed E-state index contributed by atoms with van der Waals surface area (Å²) in [4.78, 5) is 6.16. The third kappa shape index (κ3) is 1.98. The lowest BCUT2D eigenvalue weighted by Gasteiger charge is -2.08. The first-order valence-corrected chi connectivity index (χ1v) is 3.13. The van der Waals surface area contributed by atoms with Gasteiger partial charge in [-0.2, -0.15) is 0 Å². The number of nitrogens with zero attached hydrogens (tertiary/aromatic N) is 2. The standard InChI is InChI=1S/C7H12N2/c1-9(2)6-7-3-4-8-5-7/h4-5H,3,6H2,1-2H3. The molecule has 1 rings (SSSR count). The van der Waals surface area contributed by atoms with Gasteiger partial charge in [0.2, 0.25) is 0 Å². The molecule has 0 amide bonds. The van der Waals surface area contributed by atoms with Gasteiger partial charge in [0, 0.05) is 25.4 Å². The molecule has 0 N–H and O–H groups in total. The van der Waals surface area contributed by atoms with E-state index in [1.807, 2.05) is 12.4 Å². The van der Waals surface area contributed by atoms with Gasteiger partial charge in [0.25, 0.3) is 0 Å². The summed E-state index contributed by atoms with van der Waals surface area (Å²) in [5.41, 5.74) is 1.40. The fourth-order valence-corrected chi connectivity index (χ4v) is 0.892. The van der Waals surface area contributed by atoms with E-state index < -0.39 is 0 Å². The first-order chi connectivity index (χ1) is 4.29. The Morgan fingerprint density at radius 3 is 2.89 bits per heavy atom. The molecule has 0 fully saturated rings. The molecule has 0 radical (unpaired) electrons. The maximum atomic E-state index is 4.00. The number of rotatable bonds is 2. The van der Waals surface area contributed by atoms with Crippen LogP contribution in [0.5, 0.6) is 0 Å². The Morgan fingerprint density at radius 2 is 2.44 bits per heavy atom. The van der Waals surface area contributed by atoms with E-state index in [-0.39, 0.29) is 0 Å². The topological polar surface area (TPSA) is 15.6 Å². The molecule has 1 aliphatic rings. The first-order valence-electron chi connectivity index (χ1n) is 3.13. The Morgan fingerprint density at radius 1 is 1.67 bits per heavy atom. The van der Waals surface area contributed by atoms with Gasteiger partial charge < -0.3 is 4.90 Å². The maximum Gasteiger partial charge on any atom is 0.0272 e. The SMILES string of the molecule is CN(C)CC1=CN=CC1. The van der Waals surface area contributed by atoms with Crippen molar-refractivity contribution < 1.29 is 0 Å².